The molecule has 26 atom stereocenters. The van der Waals surface area contributed by atoms with Crippen LogP contribution in [-0.4, -0.2) is 257 Å². The zero-order valence-corrected chi connectivity index (χ0v) is 35.7. The third-order valence-electron chi connectivity index (χ3n) is 11.9. The maximum Gasteiger partial charge on any atom is 0.694 e. The van der Waals surface area contributed by atoms with Crippen LogP contribution in [-0.2, 0) is 56.5 Å². The molecule has 370 valence electrons. The van der Waals surface area contributed by atoms with Gasteiger partial charge in [-0.15, -0.1) is 9.42 Å². The fraction of sp³-hybridized carbons (Fsp3) is 0.917. The fourth-order valence-electron chi connectivity index (χ4n) is 8.28. The van der Waals surface area contributed by atoms with Crippen molar-refractivity contribution in [1.82, 2.24) is 5.32 Å². The van der Waals surface area contributed by atoms with Crippen LogP contribution < -0.4 is 5.32 Å². The van der Waals surface area contributed by atoms with Crippen LogP contribution in [0.15, 0.2) is 12.3 Å². The van der Waals surface area contributed by atoms with Gasteiger partial charge in [0.2, 0.25) is 5.91 Å². The summed E-state index contributed by atoms with van der Waals surface area (Å²) in [4.78, 5) is 21.4. The molecule has 5 rings (SSSR count). The minimum atomic E-state index is -3.15. The van der Waals surface area contributed by atoms with Crippen molar-refractivity contribution in [3.63, 3.8) is 0 Å². The van der Waals surface area contributed by atoms with Crippen molar-refractivity contribution in [3.05, 3.63) is 12.3 Å². The summed E-state index contributed by atoms with van der Waals surface area (Å²) in [6.07, 6.45) is -37.9. The summed E-state index contributed by atoms with van der Waals surface area (Å²) in [5.74, 6) is -2.17. The number of nitrogens with one attached hydrogen (secondary N) is 1. The molecule has 5 saturated heterocycles. The molecular weight excluding hydrogens is 893 g/mol. The second kappa shape index (κ2) is 23.0. The molecule has 5 aliphatic rings. The lowest BCUT2D eigenvalue weighted by molar-refractivity contribution is -0.364. The van der Waals surface area contributed by atoms with Crippen LogP contribution in [0.2, 0.25) is 0 Å². The average molecular weight is 955 g/mol. The highest BCUT2D eigenvalue weighted by Crippen LogP contribution is 2.38. The molecule has 5 aliphatic heterocycles. The summed E-state index contributed by atoms with van der Waals surface area (Å²) in [7, 11) is -3.15. The molecule has 0 aromatic heterocycles. The molecule has 0 aliphatic carbocycles. The first-order valence-corrected chi connectivity index (χ1v) is 21.5. The van der Waals surface area contributed by atoms with E-state index in [0.717, 1.165) is 0 Å². The Hall–Kier alpha value is -1.81. The highest BCUT2D eigenvalue weighted by Gasteiger charge is 2.56. The first-order valence-electron chi connectivity index (χ1n) is 20.4. The van der Waals surface area contributed by atoms with E-state index in [1.165, 1.54) is 20.8 Å². The van der Waals surface area contributed by atoms with E-state index in [1.54, 1.807) is 0 Å². The lowest BCUT2D eigenvalue weighted by Gasteiger charge is -2.50. The van der Waals surface area contributed by atoms with Crippen molar-refractivity contribution in [3.8, 4) is 0 Å². The van der Waals surface area contributed by atoms with Crippen molar-refractivity contribution in [2.75, 3.05) is 33.0 Å². The van der Waals surface area contributed by atoms with Gasteiger partial charge in [-0.2, -0.15) is 0 Å². The molecule has 0 spiro atoms. The predicted octanol–water partition coefficient (Wildman–Crippen LogP) is -8.21. The first kappa shape index (κ1) is 53.1. The molecule has 0 saturated carbocycles. The monoisotopic (exact) mass is 954 g/mol. The molecule has 5 heterocycles. The largest absolute Gasteiger partial charge is 0.694 e. The Labute approximate surface area is 366 Å². The number of aliphatic hydroxyl groups excluding tert-OH is 13. The highest BCUT2D eigenvalue weighted by atomic mass is 31.1. The summed E-state index contributed by atoms with van der Waals surface area (Å²) >= 11 is 0. The molecule has 0 aromatic rings. The van der Waals surface area contributed by atoms with E-state index < -0.39 is 206 Å². The highest BCUT2D eigenvalue weighted by molar-refractivity contribution is 7.32. The van der Waals surface area contributed by atoms with Gasteiger partial charge in [0, 0.05) is 17.4 Å². The molecule has 27 nitrogen and oxygen atoms in total. The second-order valence-corrected chi connectivity index (χ2v) is 17.0. The normalized spacial score (nSPS) is 48.0. The van der Waals surface area contributed by atoms with Gasteiger partial charge < -0.3 is 114 Å². The number of carbonyl (C=O) groups excluding carboxylic acids is 1. The smallest absolute Gasteiger partial charge is 0.487 e. The molecule has 28 heteroatoms. The SMILES string of the molecule is C=C(OC1C(CO)OC(C)C(NC(C)=O)C1OC1OC(CO)C(O)C(O)C1O)C1OC(CO)C(OC2OC(CO)C(O)C(OC3OC(CO[P+](=O)O)C(O)C(O)C3O)C2C)C(O)C1O. The molecule has 15 N–H and O–H groups in total. The van der Waals surface area contributed by atoms with Gasteiger partial charge in [-0.1, -0.05) is 13.5 Å². The maximum absolute atomic E-state index is 12.3. The number of amides is 1. The lowest BCUT2D eigenvalue weighted by Crippen LogP contribution is -2.68. The molecule has 0 bridgehead atoms. The van der Waals surface area contributed by atoms with Gasteiger partial charge in [0.05, 0.1) is 44.7 Å². The van der Waals surface area contributed by atoms with E-state index in [0.29, 0.717) is 0 Å². The summed E-state index contributed by atoms with van der Waals surface area (Å²) in [5, 5.41) is 140. The van der Waals surface area contributed by atoms with Crippen molar-refractivity contribution in [2.45, 2.75) is 168 Å². The standard InChI is InChI=1S/C36H60NO26P/c1-10-29(61-36-28(51)24(47)21(44)18(60-36)9-54-64(52)53)22(45)15(6-39)58-34(10)62-31-16(7-40)57-30(25(48)26(31)49)12(3)56-32-17(8-41)55-11(2)19(37-13(4)42)33(32)63-35-27(50)23(46)20(43)14(5-38)59-35/h10-11,14-36,38-41,43-51H,3,5-9H2,1-2,4H3,(H-,37,42,52,53)/p+1. The average Bonchev–Trinajstić information content (AvgIpc) is 3.25. The summed E-state index contributed by atoms with van der Waals surface area (Å²) in [5.41, 5.74) is 0. The second-order valence-electron chi connectivity index (χ2n) is 16.2. The third-order valence-corrected chi connectivity index (χ3v) is 12.2. The topological polar surface area (TPSA) is 422 Å². The zero-order chi connectivity index (χ0) is 47.5. The van der Waals surface area contributed by atoms with Crippen LogP contribution >= 0.6 is 8.25 Å². The molecule has 26 unspecified atom stereocenters. The summed E-state index contributed by atoms with van der Waals surface area (Å²) in [6.45, 7) is 3.91. The number of hydrogen-bond donors (Lipinski definition) is 15. The van der Waals surface area contributed by atoms with Gasteiger partial charge in [0.25, 0.3) is 0 Å². The lowest BCUT2D eigenvalue weighted by atomic mass is 9.90. The minimum Gasteiger partial charge on any atom is -0.487 e. The van der Waals surface area contributed by atoms with Crippen molar-refractivity contribution >= 4 is 14.2 Å². The number of carbonyl (C=O) groups is 1. The Balaban J connectivity index is 1.33. The third kappa shape index (κ3) is 11.5. The number of ether oxygens (including phenoxy) is 9. The fourth-order valence-corrected chi connectivity index (χ4v) is 8.56. The predicted molar refractivity (Wildman–Crippen MR) is 203 cm³/mol. The van der Waals surface area contributed by atoms with E-state index in [2.05, 4.69) is 16.4 Å². The molecular formula is C36H61NO26P+. The van der Waals surface area contributed by atoms with Gasteiger partial charge >= 0.3 is 8.25 Å². The summed E-state index contributed by atoms with van der Waals surface area (Å²) in [6, 6.07) is -1.14. The van der Waals surface area contributed by atoms with Crippen molar-refractivity contribution < 1.29 is 128 Å². The number of hydrogen-bond acceptors (Lipinski definition) is 25. The number of aliphatic hydroxyl groups is 13. The Kier molecular flexibility index (Phi) is 19.1. The molecule has 0 radical (unpaired) electrons. The molecule has 0 aromatic carbocycles. The van der Waals surface area contributed by atoms with Crippen LogP contribution in [0, 0.1) is 5.92 Å². The van der Waals surface area contributed by atoms with E-state index in [9.17, 15) is 75.7 Å². The Morgan fingerprint density at radius 1 is 0.578 bits per heavy atom. The van der Waals surface area contributed by atoms with Crippen molar-refractivity contribution in [2.24, 2.45) is 5.92 Å². The Bertz CT molecular complexity index is 1540. The first-order chi connectivity index (χ1) is 30.2. The number of rotatable bonds is 17. The van der Waals surface area contributed by atoms with E-state index in [-0.39, 0.29) is 0 Å². The van der Waals surface area contributed by atoms with Crippen LogP contribution in [0.3, 0.4) is 0 Å². The van der Waals surface area contributed by atoms with Crippen LogP contribution in [0.4, 0.5) is 0 Å². The van der Waals surface area contributed by atoms with Gasteiger partial charge in [0.15, 0.2) is 25.0 Å². The molecule has 5 fully saturated rings. The zero-order valence-electron chi connectivity index (χ0n) is 34.8. The minimum absolute atomic E-state index is 0.457. The molecule has 64 heavy (non-hydrogen) atoms. The summed E-state index contributed by atoms with van der Waals surface area (Å²) < 4.78 is 68.4. The van der Waals surface area contributed by atoms with Gasteiger partial charge in [0.1, 0.15) is 116 Å². The Morgan fingerprint density at radius 2 is 1.06 bits per heavy atom. The van der Waals surface area contributed by atoms with Crippen LogP contribution in [0.1, 0.15) is 20.8 Å². The van der Waals surface area contributed by atoms with E-state index in [1.807, 2.05) is 0 Å². The van der Waals surface area contributed by atoms with Gasteiger partial charge in [-0.25, -0.2) is 0 Å². The van der Waals surface area contributed by atoms with Crippen LogP contribution in [0.5, 0.6) is 0 Å². The van der Waals surface area contributed by atoms with Crippen LogP contribution in [0.25, 0.3) is 0 Å². The maximum atomic E-state index is 12.3. The van der Waals surface area contributed by atoms with Crippen molar-refractivity contribution in [1.29, 1.82) is 0 Å². The van der Waals surface area contributed by atoms with Gasteiger partial charge in [-0.05, 0) is 6.92 Å². The van der Waals surface area contributed by atoms with E-state index >= 15 is 0 Å². The van der Waals surface area contributed by atoms with E-state index in [4.69, 9.17) is 47.5 Å². The quantitative estimate of drug-likeness (QED) is 0.0475. The van der Waals surface area contributed by atoms with Gasteiger partial charge in [-0.3, -0.25) is 4.79 Å². The Morgan fingerprint density at radius 3 is 1.61 bits per heavy atom. The molecule has 1 amide bonds.